The number of hydrogen-bond donors (Lipinski definition) is 1. The first kappa shape index (κ1) is 21.3. The van der Waals surface area contributed by atoms with Gasteiger partial charge in [0.05, 0.1) is 11.2 Å². The molecular formula is C24H26N2O4. The first-order valence-corrected chi connectivity index (χ1v) is 10.1. The van der Waals surface area contributed by atoms with Crippen LogP contribution in [0.15, 0.2) is 65.8 Å². The van der Waals surface area contributed by atoms with Crippen LogP contribution in [0.25, 0.3) is 10.9 Å². The quantitative estimate of drug-likeness (QED) is 0.354. The van der Waals surface area contributed by atoms with E-state index >= 15 is 0 Å². The number of para-hydroxylation sites is 1. The molecule has 1 heterocycles. The Morgan fingerprint density at radius 1 is 1.10 bits per heavy atom. The predicted molar refractivity (Wildman–Crippen MR) is 117 cm³/mol. The Morgan fingerprint density at radius 3 is 2.60 bits per heavy atom. The molecule has 0 bridgehead atoms. The highest BCUT2D eigenvalue weighted by Gasteiger charge is 2.14. The van der Waals surface area contributed by atoms with Gasteiger partial charge in [-0.25, -0.2) is 9.78 Å². The van der Waals surface area contributed by atoms with Crippen LogP contribution >= 0.6 is 0 Å². The molecule has 6 nitrogen and oxygen atoms in total. The predicted octanol–water partition coefficient (Wildman–Crippen LogP) is 5.52. The molecule has 0 saturated carbocycles. The van der Waals surface area contributed by atoms with E-state index in [0.29, 0.717) is 6.61 Å². The number of carboxylic acids is 1. The average molecular weight is 406 g/mol. The lowest BCUT2D eigenvalue weighted by molar-refractivity contribution is -0.129. The van der Waals surface area contributed by atoms with Gasteiger partial charge in [0.2, 0.25) is 0 Å². The number of benzene rings is 2. The number of unbranched alkanes of at least 4 members (excludes halogenated alkanes) is 1. The zero-order valence-electron chi connectivity index (χ0n) is 17.2. The lowest BCUT2D eigenvalue weighted by Crippen LogP contribution is -2.10. The van der Waals surface area contributed by atoms with Crippen molar-refractivity contribution in [2.45, 2.75) is 45.8 Å². The molecule has 0 fully saturated rings. The fourth-order valence-electron chi connectivity index (χ4n) is 2.98. The number of nitrogens with zero attached hydrogens (tertiary/aromatic N) is 2. The average Bonchev–Trinajstić information content (AvgIpc) is 2.78. The summed E-state index contributed by atoms with van der Waals surface area (Å²) in [6, 6.07) is 19.6. The van der Waals surface area contributed by atoms with Crippen LogP contribution in [0.1, 0.15) is 50.5 Å². The summed E-state index contributed by atoms with van der Waals surface area (Å²) in [5.74, 6) is -0.358. The molecule has 30 heavy (non-hydrogen) atoms. The van der Waals surface area contributed by atoms with Crippen molar-refractivity contribution in [3.05, 3.63) is 71.9 Å². The van der Waals surface area contributed by atoms with Gasteiger partial charge >= 0.3 is 5.97 Å². The maximum absolute atomic E-state index is 10.9. The fraction of sp³-hybridized carbons (Fsp3) is 0.292. The van der Waals surface area contributed by atoms with Gasteiger partial charge in [0.1, 0.15) is 12.4 Å². The van der Waals surface area contributed by atoms with Crippen LogP contribution < -0.4 is 4.74 Å². The zero-order chi connectivity index (χ0) is 21.3. The minimum absolute atomic E-state index is 0.0701. The summed E-state index contributed by atoms with van der Waals surface area (Å²) in [5, 5.41) is 13.8. The molecule has 6 heteroatoms. The van der Waals surface area contributed by atoms with Crippen LogP contribution in [0.2, 0.25) is 0 Å². The van der Waals surface area contributed by atoms with E-state index in [0.717, 1.165) is 47.2 Å². The van der Waals surface area contributed by atoms with Crippen LogP contribution in [0.3, 0.4) is 0 Å². The number of rotatable bonds is 10. The van der Waals surface area contributed by atoms with Crippen LogP contribution in [0.5, 0.6) is 5.75 Å². The van der Waals surface area contributed by atoms with Gasteiger partial charge in [-0.3, -0.25) is 0 Å². The normalized spacial score (nSPS) is 12.5. The van der Waals surface area contributed by atoms with Crippen molar-refractivity contribution in [3.63, 3.8) is 0 Å². The third-order valence-corrected chi connectivity index (χ3v) is 4.74. The lowest BCUT2D eigenvalue weighted by atomic mass is 10.0. The summed E-state index contributed by atoms with van der Waals surface area (Å²) < 4.78 is 5.88. The molecule has 3 aromatic rings. The van der Waals surface area contributed by atoms with Gasteiger partial charge in [0, 0.05) is 5.39 Å². The highest BCUT2D eigenvalue weighted by Crippen LogP contribution is 2.26. The summed E-state index contributed by atoms with van der Waals surface area (Å²) in [6.07, 6.45) is 2.43. The number of carbonyl (C=O) groups is 1. The Hall–Kier alpha value is -3.41. The summed E-state index contributed by atoms with van der Waals surface area (Å²) in [7, 11) is 0. The SMILES string of the molecule is CCCCC(O/N=C(\C)C(=O)O)c1ccc(OCc2ccc3ccccc3n2)cc1. The molecule has 156 valence electrons. The minimum Gasteiger partial charge on any atom is -0.487 e. The van der Waals surface area contributed by atoms with E-state index in [1.54, 1.807) is 0 Å². The van der Waals surface area contributed by atoms with Crippen molar-refractivity contribution >= 4 is 22.6 Å². The molecule has 0 aliphatic rings. The summed E-state index contributed by atoms with van der Waals surface area (Å²) >= 11 is 0. The number of hydrogen-bond acceptors (Lipinski definition) is 5. The lowest BCUT2D eigenvalue weighted by Gasteiger charge is -2.16. The fourth-order valence-corrected chi connectivity index (χ4v) is 2.98. The van der Waals surface area contributed by atoms with Gasteiger partial charge in [-0.15, -0.1) is 0 Å². The van der Waals surface area contributed by atoms with Crippen LogP contribution in [0, 0.1) is 0 Å². The molecule has 1 unspecified atom stereocenters. The van der Waals surface area contributed by atoms with Gasteiger partial charge in [0.15, 0.2) is 11.8 Å². The second-order valence-corrected chi connectivity index (χ2v) is 7.07. The first-order chi connectivity index (χ1) is 14.6. The van der Waals surface area contributed by atoms with Crippen molar-refractivity contribution in [2.24, 2.45) is 5.16 Å². The Kier molecular flexibility index (Phi) is 7.38. The third kappa shape index (κ3) is 5.80. The van der Waals surface area contributed by atoms with Crippen LogP contribution in [0.4, 0.5) is 0 Å². The van der Waals surface area contributed by atoms with Gasteiger partial charge in [0.25, 0.3) is 0 Å². The minimum atomic E-state index is -1.09. The van der Waals surface area contributed by atoms with Crippen molar-refractivity contribution in [2.75, 3.05) is 0 Å². The largest absolute Gasteiger partial charge is 0.487 e. The molecule has 1 N–H and O–H groups in total. The Balaban J connectivity index is 1.65. The van der Waals surface area contributed by atoms with Crippen LogP contribution in [-0.4, -0.2) is 21.8 Å². The van der Waals surface area contributed by atoms with E-state index in [2.05, 4.69) is 17.1 Å². The van der Waals surface area contributed by atoms with Gasteiger partial charge in [-0.2, -0.15) is 0 Å². The molecule has 1 atom stereocenters. The van der Waals surface area contributed by atoms with E-state index in [1.807, 2.05) is 60.7 Å². The molecule has 0 spiro atoms. The smallest absolute Gasteiger partial charge is 0.353 e. The third-order valence-electron chi connectivity index (χ3n) is 4.74. The standard InChI is InChI=1S/C24H26N2O4/c1-3-4-9-23(30-26-17(2)24(27)28)19-11-14-21(15-12-19)29-16-20-13-10-18-7-5-6-8-22(18)25-20/h5-8,10-15,23H,3-4,9,16H2,1-2H3,(H,27,28)/b26-17+. The highest BCUT2D eigenvalue weighted by atomic mass is 16.6. The highest BCUT2D eigenvalue weighted by molar-refractivity contribution is 6.34. The van der Waals surface area contributed by atoms with E-state index in [9.17, 15) is 4.79 Å². The second kappa shape index (κ2) is 10.4. The van der Waals surface area contributed by atoms with E-state index in [4.69, 9.17) is 14.7 Å². The van der Waals surface area contributed by atoms with E-state index < -0.39 is 5.97 Å². The number of fused-ring (bicyclic) bond motifs is 1. The van der Waals surface area contributed by atoms with E-state index in [-0.39, 0.29) is 11.8 Å². The van der Waals surface area contributed by atoms with E-state index in [1.165, 1.54) is 6.92 Å². The maximum atomic E-state index is 10.9. The van der Waals surface area contributed by atoms with Crippen molar-refractivity contribution < 1.29 is 19.5 Å². The van der Waals surface area contributed by atoms with Crippen molar-refractivity contribution in [3.8, 4) is 5.75 Å². The number of aromatic nitrogens is 1. The molecule has 0 amide bonds. The van der Waals surface area contributed by atoms with Gasteiger partial charge in [-0.05, 0) is 49.6 Å². The van der Waals surface area contributed by atoms with Gasteiger partial charge in [-0.1, -0.05) is 54.9 Å². The summed E-state index contributed by atoms with van der Waals surface area (Å²) in [4.78, 5) is 21.1. The zero-order valence-corrected chi connectivity index (χ0v) is 17.2. The molecule has 0 saturated heterocycles. The number of pyridine rings is 1. The molecule has 0 radical (unpaired) electrons. The van der Waals surface area contributed by atoms with Crippen molar-refractivity contribution in [1.82, 2.24) is 4.98 Å². The molecule has 0 aliphatic carbocycles. The Morgan fingerprint density at radius 2 is 1.87 bits per heavy atom. The molecule has 3 rings (SSSR count). The molecule has 1 aromatic heterocycles. The maximum Gasteiger partial charge on any atom is 0.353 e. The molecule has 2 aromatic carbocycles. The first-order valence-electron chi connectivity index (χ1n) is 10.1. The summed E-state index contributed by atoms with van der Waals surface area (Å²) in [5.41, 5.74) is 2.67. The summed E-state index contributed by atoms with van der Waals surface area (Å²) in [6.45, 7) is 3.89. The van der Waals surface area contributed by atoms with Crippen LogP contribution in [-0.2, 0) is 16.2 Å². The Bertz CT molecular complexity index is 1020. The number of carboxylic acid groups (broad SMARTS) is 1. The number of aliphatic carboxylic acids is 1. The topological polar surface area (TPSA) is 81.0 Å². The van der Waals surface area contributed by atoms with Crippen molar-refractivity contribution in [1.29, 1.82) is 0 Å². The van der Waals surface area contributed by atoms with Gasteiger partial charge < -0.3 is 14.7 Å². The Labute approximate surface area is 176 Å². The second-order valence-electron chi connectivity index (χ2n) is 7.07. The molecule has 0 aliphatic heterocycles. The monoisotopic (exact) mass is 406 g/mol. The number of ether oxygens (including phenoxy) is 1. The molecular weight excluding hydrogens is 380 g/mol. The number of oxime groups is 1.